The summed E-state index contributed by atoms with van der Waals surface area (Å²) in [6.07, 6.45) is 0. The van der Waals surface area contributed by atoms with Crippen LogP contribution < -0.4 is 5.73 Å². The van der Waals surface area contributed by atoms with E-state index >= 15 is 0 Å². The minimum Gasteiger partial charge on any atom is -0.396 e. The van der Waals surface area contributed by atoms with Crippen molar-refractivity contribution in [2.45, 2.75) is 0 Å². The van der Waals surface area contributed by atoms with E-state index in [1.54, 1.807) is 6.07 Å². The molecular formula is C17H12FN3. The molecule has 21 heavy (non-hydrogen) atoms. The first kappa shape index (κ1) is 11.9. The highest BCUT2D eigenvalue weighted by Crippen LogP contribution is 2.30. The average molecular weight is 277 g/mol. The maximum Gasteiger partial charge on any atom is 0.148 e. The van der Waals surface area contributed by atoms with Crippen LogP contribution in [0.15, 0.2) is 54.6 Å². The first-order valence-corrected chi connectivity index (χ1v) is 6.64. The van der Waals surface area contributed by atoms with E-state index in [0.29, 0.717) is 5.52 Å². The number of halogens is 1. The van der Waals surface area contributed by atoms with Crippen LogP contribution in [-0.4, -0.2) is 10.2 Å². The van der Waals surface area contributed by atoms with Gasteiger partial charge >= 0.3 is 0 Å². The van der Waals surface area contributed by atoms with E-state index in [9.17, 15) is 4.39 Å². The molecule has 0 radical (unpaired) electrons. The molecular weight excluding hydrogens is 265 g/mol. The second-order valence-corrected chi connectivity index (χ2v) is 5.05. The molecule has 3 nitrogen and oxygen atoms in total. The fraction of sp³-hybridized carbons (Fsp3) is 0. The molecule has 0 bridgehead atoms. The lowest BCUT2D eigenvalue weighted by atomic mass is 10.0. The van der Waals surface area contributed by atoms with Crippen molar-refractivity contribution >= 4 is 27.4 Å². The number of aromatic amines is 1. The van der Waals surface area contributed by atoms with Crippen LogP contribution in [0.5, 0.6) is 0 Å². The number of hydrogen-bond acceptors (Lipinski definition) is 2. The molecule has 0 saturated carbocycles. The van der Waals surface area contributed by atoms with Gasteiger partial charge in [-0.15, -0.1) is 0 Å². The van der Waals surface area contributed by atoms with Gasteiger partial charge in [0.15, 0.2) is 0 Å². The Balaban J connectivity index is 1.97. The molecule has 0 saturated heterocycles. The van der Waals surface area contributed by atoms with Gasteiger partial charge in [0.05, 0.1) is 16.9 Å². The van der Waals surface area contributed by atoms with Crippen molar-refractivity contribution in [2.24, 2.45) is 0 Å². The zero-order valence-electron chi connectivity index (χ0n) is 11.1. The van der Waals surface area contributed by atoms with Crippen LogP contribution in [0.2, 0.25) is 0 Å². The first-order chi connectivity index (χ1) is 10.2. The summed E-state index contributed by atoms with van der Waals surface area (Å²) in [7, 11) is 0. The Morgan fingerprint density at radius 1 is 0.952 bits per heavy atom. The van der Waals surface area contributed by atoms with Crippen LogP contribution in [-0.2, 0) is 0 Å². The molecule has 0 aliphatic carbocycles. The van der Waals surface area contributed by atoms with E-state index in [1.807, 2.05) is 18.2 Å². The minimum atomic E-state index is -0.434. The van der Waals surface area contributed by atoms with Gasteiger partial charge in [0, 0.05) is 17.0 Å². The highest BCUT2D eigenvalue weighted by atomic mass is 19.1. The summed E-state index contributed by atoms with van der Waals surface area (Å²) in [6.45, 7) is 0. The molecule has 1 aromatic heterocycles. The topological polar surface area (TPSA) is 54.7 Å². The normalized spacial score (nSPS) is 11.3. The van der Waals surface area contributed by atoms with Gasteiger partial charge in [0.2, 0.25) is 0 Å². The quantitative estimate of drug-likeness (QED) is 0.514. The molecule has 4 rings (SSSR count). The van der Waals surface area contributed by atoms with Gasteiger partial charge in [-0.2, -0.15) is 5.10 Å². The predicted octanol–water partition coefficient (Wildman–Crippen LogP) is 4.10. The molecule has 0 aliphatic heterocycles. The van der Waals surface area contributed by atoms with E-state index in [2.05, 4.69) is 34.5 Å². The predicted molar refractivity (Wildman–Crippen MR) is 83.4 cm³/mol. The molecule has 0 amide bonds. The molecule has 0 unspecified atom stereocenters. The second kappa shape index (κ2) is 4.31. The standard InChI is InChI=1S/C17H12FN3/c18-14-9-16-13(8-15(14)19)17(21-20-16)12-6-5-10-3-1-2-4-11(10)7-12/h1-9H,19H2,(H,20,21). The number of benzene rings is 3. The molecule has 4 heteroatoms. The highest BCUT2D eigenvalue weighted by Gasteiger charge is 2.11. The Kier molecular flexibility index (Phi) is 2.44. The number of nitrogens with two attached hydrogens (primary N) is 1. The number of rotatable bonds is 1. The third kappa shape index (κ3) is 1.84. The molecule has 3 N–H and O–H groups in total. The van der Waals surface area contributed by atoms with Gasteiger partial charge < -0.3 is 5.73 Å². The summed E-state index contributed by atoms with van der Waals surface area (Å²) in [5.74, 6) is -0.434. The van der Waals surface area contributed by atoms with Crippen molar-refractivity contribution < 1.29 is 4.39 Å². The Morgan fingerprint density at radius 3 is 2.62 bits per heavy atom. The molecule has 0 aliphatic rings. The number of hydrogen-bond donors (Lipinski definition) is 2. The van der Waals surface area contributed by atoms with Gasteiger partial charge in [-0.25, -0.2) is 4.39 Å². The third-order valence-electron chi connectivity index (χ3n) is 3.70. The van der Waals surface area contributed by atoms with Crippen molar-refractivity contribution in [3.63, 3.8) is 0 Å². The summed E-state index contributed by atoms with van der Waals surface area (Å²) in [4.78, 5) is 0. The molecule has 0 fully saturated rings. The van der Waals surface area contributed by atoms with E-state index in [0.717, 1.165) is 22.0 Å². The maximum atomic E-state index is 13.5. The largest absolute Gasteiger partial charge is 0.396 e. The molecule has 0 atom stereocenters. The number of anilines is 1. The van der Waals surface area contributed by atoms with Crippen molar-refractivity contribution in [2.75, 3.05) is 5.73 Å². The average Bonchev–Trinajstić information content (AvgIpc) is 2.90. The Hall–Kier alpha value is -2.88. The van der Waals surface area contributed by atoms with Crippen LogP contribution in [0.1, 0.15) is 0 Å². The smallest absolute Gasteiger partial charge is 0.148 e. The van der Waals surface area contributed by atoms with E-state index < -0.39 is 5.82 Å². The van der Waals surface area contributed by atoms with Crippen LogP contribution in [0, 0.1) is 5.82 Å². The highest BCUT2D eigenvalue weighted by molar-refractivity contribution is 5.97. The number of aromatic nitrogens is 2. The van der Waals surface area contributed by atoms with Crippen LogP contribution in [0.4, 0.5) is 10.1 Å². The lowest BCUT2D eigenvalue weighted by molar-refractivity contribution is 0.634. The zero-order valence-corrected chi connectivity index (χ0v) is 11.1. The summed E-state index contributed by atoms with van der Waals surface area (Å²) in [5, 5.41) is 10.3. The monoisotopic (exact) mass is 277 g/mol. The van der Waals surface area contributed by atoms with E-state index in [4.69, 9.17) is 5.73 Å². The van der Waals surface area contributed by atoms with Crippen LogP contribution in [0.3, 0.4) is 0 Å². The number of fused-ring (bicyclic) bond motifs is 2. The molecule has 102 valence electrons. The SMILES string of the molecule is Nc1cc2c(-c3ccc4ccccc4c3)n[nH]c2cc1F. The Bertz CT molecular complexity index is 972. The minimum absolute atomic E-state index is 0.130. The summed E-state index contributed by atoms with van der Waals surface area (Å²) < 4.78 is 13.5. The van der Waals surface area contributed by atoms with Crippen LogP contribution in [0.25, 0.3) is 32.9 Å². The first-order valence-electron chi connectivity index (χ1n) is 6.64. The number of nitrogens with zero attached hydrogens (tertiary/aromatic N) is 1. The summed E-state index contributed by atoms with van der Waals surface area (Å²) >= 11 is 0. The zero-order chi connectivity index (χ0) is 14.4. The Morgan fingerprint density at radius 2 is 1.76 bits per heavy atom. The maximum absolute atomic E-state index is 13.5. The number of nitrogens with one attached hydrogen (secondary N) is 1. The molecule has 0 spiro atoms. The Labute approximate surface area is 120 Å². The van der Waals surface area contributed by atoms with Crippen molar-refractivity contribution in [1.82, 2.24) is 10.2 Å². The van der Waals surface area contributed by atoms with Crippen molar-refractivity contribution in [3.05, 3.63) is 60.4 Å². The van der Waals surface area contributed by atoms with Crippen molar-refractivity contribution in [3.8, 4) is 11.3 Å². The molecule has 1 heterocycles. The molecule has 3 aromatic carbocycles. The van der Waals surface area contributed by atoms with Gasteiger partial charge in [-0.05, 0) is 22.9 Å². The van der Waals surface area contributed by atoms with E-state index in [1.165, 1.54) is 11.5 Å². The summed E-state index contributed by atoms with van der Waals surface area (Å²) in [6, 6.07) is 17.3. The van der Waals surface area contributed by atoms with Gasteiger partial charge in [-0.1, -0.05) is 36.4 Å². The number of H-pyrrole nitrogens is 1. The fourth-order valence-electron chi connectivity index (χ4n) is 2.61. The van der Waals surface area contributed by atoms with Crippen molar-refractivity contribution in [1.29, 1.82) is 0 Å². The molecule has 4 aromatic rings. The van der Waals surface area contributed by atoms with Gasteiger partial charge in [-0.3, -0.25) is 5.10 Å². The van der Waals surface area contributed by atoms with Crippen LogP contribution >= 0.6 is 0 Å². The third-order valence-corrected chi connectivity index (χ3v) is 3.70. The summed E-state index contributed by atoms with van der Waals surface area (Å²) in [5.41, 5.74) is 8.20. The van der Waals surface area contributed by atoms with E-state index in [-0.39, 0.29) is 5.69 Å². The lowest BCUT2D eigenvalue weighted by Crippen LogP contribution is -1.89. The lowest BCUT2D eigenvalue weighted by Gasteiger charge is -2.02. The second-order valence-electron chi connectivity index (χ2n) is 5.05. The van der Waals surface area contributed by atoms with Gasteiger partial charge in [0.25, 0.3) is 0 Å². The fourth-order valence-corrected chi connectivity index (χ4v) is 2.61. The van der Waals surface area contributed by atoms with Gasteiger partial charge in [0.1, 0.15) is 5.82 Å². The number of nitrogen functional groups attached to an aromatic ring is 1.